The topological polar surface area (TPSA) is 55.4 Å². The van der Waals surface area contributed by atoms with E-state index in [0.717, 1.165) is 29.3 Å². The van der Waals surface area contributed by atoms with Gasteiger partial charge in [-0.05, 0) is 59.8 Å². The first kappa shape index (κ1) is 16.4. The maximum absolute atomic E-state index is 12.4. The lowest BCUT2D eigenvalue weighted by molar-refractivity contribution is -0.0659. The van der Waals surface area contributed by atoms with E-state index in [0.29, 0.717) is 11.0 Å². The summed E-state index contributed by atoms with van der Waals surface area (Å²) in [4.78, 5) is 0.237. The Morgan fingerprint density at radius 2 is 1.95 bits per heavy atom. The maximum atomic E-state index is 12.4. The Morgan fingerprint density at radius 3 is 2.45 bits per heavy atom. The molecule has 0 heterocycles. The number of aryl methyl sites for hydroxylation is 1. The molecule has 112 valence electrons. The van der Waals surface area contributed by atoms with Crippen LogP contribution in [0.15, 0.2) is 26.0 Å². The SMILES string of the molecule is COC1(CNS(=O)(=O)c2cc(Br)c(C)cc2Br)CCC1. The van der Waals surface area contributed by atoms with Crippen molar-refractivity contribution in [3.8, 4) is 0 Å². The zero-order valence-corrected chi connectivity index (χ0v) is 15.4. The molecule has 0 aliphatic heterocycles. The van der Waals surface area contributed by atoms with Gasteiger partial charge in [-0.1, -0.05) is 15.9 Å². The minimum atomic E-state index is -3.56. The van der Waals surface area contributed by atoms with E-state index >= 15 is 0 Å². The smallest absolute Gasteiger partial charge is 0.241 e. The Hall–Kier alpha value is 0.0500. The monoisotopic (exact) mass is 425 g/mol. The molecule has 1 aromatic carbocycles. The lowest BCUT2D eigenvalue weighted by atomic mass is 9.80. The van der Waals surface area contributed by atoms with Gasteiger partial charge in [0.2, 0.25) is 10.0 Å². The van der Waals surface area contributed by atoms with Gasteiger partial charge < -0.3 is 4.74 Å². The van der Waals surface area contributed by atoms with Gasteiger partial charge in [0.05, 0.1) is 10.5 Å². The van der Waals surface area contributed by atoms with Crippen LogP contribution in [0.2, 0.25) is 0 Å². The van der Waals surface area contributed by atoms with Crippen molar-refractivity contribution in [2.75, 3.05) is 13.7 Å². The minimum absolute atomic E-state index is 0.237. The first-order valence-electron chi connectivity index (χ1n) is 6.30. The molecule has 0 unspecified atom stereocenters. The summed E-state index contributed by atoms with van der Waals surface area (Å²) in [6, 6.07) is 3.40. The van der Waals surface area contributed by atoms with Crippen LogP contribution in [0.4, 0.5) is 0 Å². The van der Waals surface area contributed by atoms with E-state index in [1.165, 1.54) is 0 Å². The van der Waals surface area contributed by atoms with Gasteiger partial charge in [0.15, 0.2) is 0 Å². The van der Waals surface area contributed by atoms with E-state index < -0.39 is 10.0 Å². The maximum Gasteiger partial charge on any atom is 0.241 e. The number of benzene rings is 1. The third-order valence-electron chi connectivity index (χ3n) is 3.78. The van der Waals surface area contributed by atoms with Crippen molar-refractivity contribution >= 4 is 41.9 Å². The van der Waals surface area contributed by atoms with Gasteiger partial charge in [-0.3, -0.25) is 0 Å². The van der Waals surface area contributed by atoms with Crippen LogP contribution in [0.25, 0.3) is 0 Å². The molecule has 0 aromatic heterocycles. The van der Waals surface area contributed by atoms with Crippen molar-refractivity contribution in [3.63, 3.8) is 0 Å². The second-order valence-electron chi connectivity index (χ2n) is 5.10. The van der Waals surface area contributed by atoms with Crippen LogP contribution in [-0.2, 0) is 14.8 Å². The molecule has 0 radical (unpaired) electrons. The Balaban J connectivity index is 2.20. The highest BCUT2D eigenvalue weighted by molar-refractivity contribution is 9.11. The average Bonchev–Trinajstić information content (AvgIpc) is 2.32. The number of hydrogen-bond acceptors (Lipinski definition) is 3. The van der Waals surface area contributed by atoms with Gasteiger partial charge in [-0.2, -0.15) is 0 Å². The van der Waals surface area contributed by atoms with Crippen molar-refractivity contribution in [2.24, 2.45) is 0 Å². The zero-order chi connectivity index (χ0) is 15.0. The quantitative estimate of drug-likeness (QED) is 0.785. The fourth-order valence-corrected chi connectivity index (χ4v) is 4.95. The lowest BCUT2D eigenvalue weighted by Gasteiger charge is -2.40. The molecular formula is C13H17Br2NO3S. The summed E-state index contributed by atoms with van der Waals surface area (Å²) >= 11 is 6.68. The van der Waals surface area contributed by atoms with Crippen molar-refractivity contribution in [3.05, 3.63) is 26.6 Å². The molecule has 0 amide bonds. The standard InChI is InChI=1S/C13H17Br2NO3S/c1-9-6-11(15)12(7-10(9)14)20(17,18)16-8-13(19-2)4-3-5-13/h6-7,16H,3-5,8H2,1-2H3. The first-order valence-corrected chi connectivity index (χ1v) is 9.37. The van der Waals surface area contributed by atoms with Gasteiger partial charge in [-0.25, -0.2) is 13.1 Å². The molecule has 20 heavy (non-hydrogen) atoms. The van der Waals surface area contributed by atoms with E-state index in [1.54, 1.807) is 19.2 Å². The molecular weight excluding hydrogens is 410 g/mol. The second kappa shape index (κ2) is 6.04. The minimum Gasteiger partial charge on any atom is -0.377 e. The molecule has 7 heteroatoms. The summed E-state index contributed by atoms with van der Waals surface area (Å²) in [6.07, 6.45) is 2.87. The Bertz CT molecular complexity index is 607. The van der Waals surface area contributed by atoms with E-state index in [2.05, 4.69) is 36.6 Å². The summed E-state index contributed by atoms with van der Waals surface area (Å²) in [5.74, 6) is 0. The first-order chi connectivity index (χ1) is 9.30. The number of hydrogen-bond donors (Lipinski definition) is 1. The van der Waals surface area contributed by atoms with Crippen LogP contribution in [-0.4, -0.2) is 27.7 Å². The third kappa shape index (κ3) is 3.27. The van der Waals surface area contributed by atoms with Gasteiger partial charge in [-0.15, -0.1) is 0 Å². The number of nitrogens with one attached hydrogen (secondary N) is 1. The molecule has 1 aromatic rings. The van der Waals surface area contributed by atoms with Gasteiger partial charge >= 0.3 is 0 Å². The fraction of sp³-hybridized carbons (Fsp3) is 0.538. The number of rotatable bonds is 5. The van der Waals surface area contributed by atoms with Gasteiger partial charge in [0, 0.05) is 22.6 Å². The van der Waals surface area contributed by atoms with Gasteiger partial charge in [0.1, 0.15) is 0 Å². The van der Waals surface area contributed by atoms with Crippen molar-refractivity contribution < 1.29 is 13.2 Å². The highest BCUT2D eigenvalue weighted by Crippen LogP contribution is 2.35. The largest absolute Gasteiger partial charge is 0.377 e. The molecule has 1 aliphatic carbocycles. The van der Waals surface area contributed by atoms with Crippen LogP contribution >= 0.6 is 31.9 Å². The summed E-state index contributed by atoms with van der Waals surface area (Å²) in [7, 11) is -1.93. The third-order valence-corrected chi connectivity index (χ3v) is 7.00. The molecule has 0 atom stereocenters. The molecule has 0 bridgehead atoms. The van der Waals surface area contributed by atoms with Crippen LogP contribution in [0.3, 0.4) is 0 Å². The van der Waals surface area contributed by atoms with Gasteiger partial charge in [0.25, 0.3) is 0 Å². The molecule has 1 saturated carbocycles. The normalized spacial score (nSPS) is 17.8. The van der Waals surface area contributed by atoms with Crippen molar-refractivity contribution in [1.29, 1.82) is 0 Å². The Kier molecular flexibility index (Phi) is 4.96. The van der Waals surface area contributed by atoms with Crippen LogP contribution in [0.5, 0.6) is 0 Å². The average molecular weight is 427 g/mol. The summed E-state index contributed by atoms with van der Waals surface area (Å²) in [5, 5.41) is 0. The Labute approximate surface area is 136 Å². The van der Waals surface area contributed by atoms with Crippen LogP contribution < -0.4 is 4.72 Å². The van der Waals surface area contributed by atoms with E-state index in [9.17, 15) is 8.42 Å². The van der Waals surface area contributed by atoms with E-state index in [4.69, 9.17) is 4.74 Å². The molecule has 4 nitrogen and oxygen atoms in total. The molecule has 1 fully saturated rings. The summed E-state index contributed by atoms with van der Waals surface area (Å²) in [5.41, 5.74) is 0.643. The molecule has 0 saturated heterocycles. The molecule has 1 N–H and O–H groups in total. The molecule has 2 rings (SSSR count). The predicted octanol–water partition coefficient (Wildman–Crippen LogP) is 3.37. The highest BCUT2D eigenvalue weighted by atomic mass is 79.9. The summed E-state index contributed by atoms with van der Waals surface area (Å²) in [6.45, 7) is 2.22. The number of halogens is 2. The molecule has 1 aliphatic rings. The lowest BCUT2D eigenvalue weighted by Crippen LogP contribution is -2.49. The van der Waals surface area contributed by atoms with Crippen molar-refractivity contribution in [2.45, 2.75) is 36.7 Å². The Morgan fingerprint density at radius 1 is 1.30 bits per heavy atom. The van der Waals surface area contributed by atoms with Crippen molar-refractivity contribution in [1.82, 2.24) is 4.72 Å². The number of methoxy groups -OCH3 is 1. The number of sulfonamides is 1. The summed E-state index contributed by atoms with van der Waals surface area (Å²) < 4.78 is 34.2. The van der Waals surface area contributed by atoms with Crippen LogP contribution in [0, 0.1) is 6.92 Å². The fourth-order valence-electron chi connectivity index (χ4n) is 2.16. The zero-order valence-electron chi connectivity index (χ0n) is 11.4. The van der Waals surface area contributed by atoms with Crippen LogP contribution in [0.1, 0.15) is 24.8 Å². The predicted molar refractivity (Wildman–Crippen MR) is 85.4 cm³/mol. The molecule has 0 spiro atoms. The highest BCUT2D eigenvalue weighted by Gasteiger charge is 2.38. The van der Waals surface area contributed by atoms with E-state index in [1.807, 2.05) is 6.92 Å². The number of ether oxygens (including phenoxy) is 1. The van der Waals surface area contributed by atoms with E-state index in [-0.39, 0.29) is 10.5 Å². The second-order valence-corrected chi connectivity index (χ2v) is 8.54.